The van der Waals surface area contributed by atoms with Crippen LogP contribution in [0.2, 0.25) is 0 Å². The average Bonchev–Trinajstić information content (AvgIpc) is 0.766. The Kier molecular flexibility index (Phi) is 31.6. The lowest BCUT2D eigenvalue weighted by molar-refractivity contribution is -0.385. The van der Waals surface area contributed by atoms with Crippen LogP contribution in [0.3, 0.4) is 0 Å². The first-order chi connectivity index (χ1) is 46.7. The van der Waals surface area contributed by atoms with Crippen molar-refractivity contribution >= 4 is 35.6 Å². The van der Waals surface area contributed by atoms with Crippen molar-refractivity contribution in [1.82, 2.24) is 21.3 Å². The van der Waals surface area contributed by atoms with Crippen molar-refractivity contribution in [3.8, 4) is 0 Å². The summed E-state index contributed by atoms with van der Waals surface area (Å²) in [7, 11) is 0. The summed E-state index contributed by atoms with van der Waals surface area (Å²) >= 11 is 0. The van der Waals surface area contributed by atoms with E-state index in [9.17, 15) is 126 Å². The van der Waals surface area contributed by atoms with Crippen LogP contribution in [0.4, 0.5) is 0 Å². The topological polar surface area (TPSA) is 646 Å². The molecule has 6 aliphatic rings. The molecule has 0 saturated carbocycles. The molecular weight excluding hydrogens is 1340 g/mol. The summed E-state index contributed by atoms with van der Waals surface area (Å²) in [5, 5.41) is 219. The molecule has 41 nitrogen and oxygen atoms in total. The summed E-state index contributed by atoms with van der Waals surface area (Å²) in [6, 6.07) is -6.79. The molecule has 0 aromatic heterocycles. The lowest BCUT2D eigenvalue weighted by atomic mass is 9.88. The number of carboxylic acids is 2. The molecule has 41 heteroatoms. The zero-order valence-electron chi connectivity index (χ0n) is 54.8. The number of carbonyl (C=O) groups excluding carboxylic acids is 4. The third-order valence-electron chi connectivity index (χ3n) is 17.7. The number of aliphatic hydroxyl groups is 17. The maximum Gasteiger partial charge on any atom is 0.364 e. The Hall–Kier alpha value is -4.34. The van der Waals surface area contributed by atoms with Crippen LogP contribution in [0.5, 0.6) is 0 Å². The number of nitrogens with one attached hydrogen (secondary N) is 4. The highest BCUT2D eigenvalue weighted by atomic mass is 16.8. The summed E-state index contributed by atoms with van der Waals surface area (Å²) in [5.41, 5.74) is 0. The van der Waals surface area contributed by atoms with Crippen LogP contribution in [0.25, 0.3) is 0 Å². The average molecular weight is 1440 g/mol. The summed E-state index contributed by atoms with van der Waals surface area (Å²) in [5.74, 6) is -14.0. The number of unbranched alkanes of at least 4 members (excludes halogenated alkanes) is 5. The Morgan fingerprint density at radius 1 is 0.444 bits per heavy atom. The summed E-state index contributed by atoms with van der Waals surface area (Å²) < 4.78 is 71.2. The smallest absolute Gasteiger partial charge is 0.364 e. The molecule has 572 valence electrons. The number of carbonyl (C=O) groups is 6. The van der Waals surface area contributed by atoms with Crippen molar-refractivity contribution in [2.24, 2.45) is 0 Å². The van der Waals surface area contributed by atoms with E-state index >= 15 is 0 Å². The SMILES string of the molecule is CCCCCCCCO[C@@H]1O[C@H](CO[C@H]2O[C@@H](CO)[C@H](O[C@H]3O[C@@H](CO)[C@@H](O)[C@H](O[C@]4(C(=O)O)C[C@H](O)[C@@H](NC(C)=O)[C@@H]([C@@H](O)[C@@H](O)CO)O4)[C@H]3O)[C@H](O)[C@H]2NC(C)=O)C(O)[C@H](O[C@H]2O[C@@H](CO)[C@@H](O)[C@H](O[C@]3(C(=O)O)C[C@H](O)[C@@H](NC(C)=O)[C@@H]([C@@H](O)[C@@H](O)CO)O3)[C@H]2O)[C@@H]1NC(C)=O. The number of rotatable bonds is 34. The largest absolute Gasteiger partial charge is 0.477 e. The van der Waals surface area contributed by atoms with Crippen LogP contribution in [-0.4, -0.2) is 374 Å². The zero-order valence-corrected chi connectivity index (χ0v) is 54.8. The molecule has 0 bridgehead atoms. The number of hydrogen-bond acceptors (Lipinski definition) is 35. The van der Waals surface area contributed by atoms with Gasteiger partial charge in [0.05, 0.1) is 63.9 Å². The molecule has 0 aromatic rings. The van der Waals surface area contributed by atoms with Gasteiger partial charge in [0.1, 0.15) is 134 Å². The molecule has 0 aromatic carbocycles. The first-order valence-electron chi connectivity index (χ1n) is 32.3. The van der Waals surface area contributed by atoms with E-state index in [-0.39, 0.29) is 6.61 Å². The van der Waals surface area contributed by atoms with Crippen molar-refractivity contribution in [1.29, 1.82) is 0 Å². The van der Waals surface area contributed by atoms with E-state index in [2.05, 4.69) is 21.3 Å². The Balaban J connectivity index is 1.29. The van der Waals surface area contributed by atoms with Crippen LogP contribution in [0, 0.1) is 0 Å². The van der Waals surface area contributed by atoms with Crippen molar-refractivity contribution in [3.05, 3.63) is 0 Å². The van der Waals surface area contributed by atoms with E-state index in [4.69, 9.17) is 56.8 Å². The summed E-state index contributed by atoms with van der Waals surface area (Å²) in [6.45, 7) is -0.627. The number of ether oxygens (including phenoxy) is 12. The number of hydrogen-bond donors (Lipinski definition) is 23. The predicted octanol–water partition coefficient (Wildman–Crippen LogP) is -11.7. The van der Waals surface area contributed by atoms with Gasteiger partial charge >= 0.3 is 11.9 Å². The molecule has 6 heterocycles. The molecule has 32 atom stereocenters. The quantitative estimate of drug-likeness (QED) is 0.0266. The second-order valence-electron chi connectivity index (χ2n) is 25.2. The molecule has 0 spiro atoms. The molecule has 6 fully saturated rings. The van der Waals surface area contributed by atoms with Gasteiger partial charge in [0, 0.05) is 47.1 Å². The molecule has 4 amide bonds. The molecule has 0 aliphatic carbocycles. The molecule has 6 rings (SSSR count). The number of aliphatic hydroxyl groups excluding tert-OH is 17. The van der Waals surface area contributed by atoms with Gasteiger partial charge in [0.25, 0.3) is 11.6 Å². The van der Waals surface area contributed by atoms with Crippen LogP contribution in [0.1, 0.15) is 86.0 Å². The second-order valence-corrected chi connectivity index (χ2v) is 25.2. The van der Waals surface area contributed by atoms with E-state index in [1.54, 1.807) is 0 Å². The maximum absolute atomic E-state index is 13.3. The minimum Gasteiger partial charge on any atom is -0.477 e. The fourth-order valence-electron chi connectivity index (χ4n) is 12.6. The van der Waals surface area contributed by atoms with Crippen LogP contribution in [-0.2, 0) is 85.6 Å². The summed E-state index contributed by atoms with van der Waals surface area (Å²) in [6.07, 6.45) is -52.1. The zero-order chi connectivity index (χ0) is 73.7. The van der Waals surface area contributed by atoms with Crippen LogP contribution >= 0.6 is 0 Å². The molecular formula is C58H98N4O37. The van der Waals surface area contributed by atoms with Crippen molar-refractivity contribution in [2.45, 2.75) is 281 Å². The highest BCUT2D eigenvalue weighted by Crippen LogP contribution is 2.41. The maximum atomic E-state index is 13.3. The van der Waals surface area contributed by atoms with Crippen molar-refractivity contribution in [3.63, 3.8) is 0 Å². The Morgan fingerprint density at radius 2 is 0.818 bits per heavy atom. The highest BCUT2D eigenvalue weighted by molar-refractivity contribution is 5.78. The van der Waals surface area contributed by atoms with Crippen molar-refractivity contribution < 1.29 is 183 Å². The number of carboxylic acid groups (broad SMARTS) is 2. The first kappa shape index (κ1) is 83.6. The fourth-order valence-corrected chi connectivity index (χ4v) is 12.6. The molecule has 1 unspecified atom stereocenters. The van der Waals surface area contributed by atoms with Gasteiger partial charge in [-0.15, -0.1) is 0 Å². The molecule has 6 aliphatic heterocycles. The fraction of sp³-hybridized carbons (Fsp3) is 0.897. The Bertz CT molecular complexity index is 2590. The van der Waals surface area contributed by atoms with Gasteiger partial charge in [0.15, 0.2) is 25.2 Å². The van der Waals surface area contributed by atoms with E-state index in [1.807, 2.05) is 6.92 Å². The normalized spacial score (nSPS) is 40.9. The minimum atomic E-state index is -3.22. The summed E-state index contributed by atoms with van der Waals surface area (Å²) in [4.78, 5) is 76.7. The lowest BCUT2D eigenvalue weighted by Crippen LogP contribution is -2.71. The third-order valence-corrected chi connectivity index (χ3v) is 17.7. The number of aliphatic carboxylic acids is 2. The highest BCUT2D eigenvalue weighted by Gasteiger charge is 2.63. The van der Waals surface area contributed by atoms with Gasteiger partial charge in [-0.3, -0.25) is 19.2 Å². The monoisotopic (exact) mass is 1440 g/mol. The van der Waals surface area contributed by atoms with E-state index < -0.39 is 283 Å². The van der Waals surface area contributed by atoms with Gasteiger partial charge in [-0.25, -0.2) is 9.59 Å². The van der Waals surface area contributed by atoms with Gasteiger partial charge < -0.3 is 175 Å². The number of amides is 4. The first-order valence-corrected chi connectivity index (χ1v) is 32.3. The van der Waals surface area contributed by atoms with Gasteiger partial charge in [-0.05, 0) is 6.42 Å². The third kappa shape index (κ3) is 20.1. The lowest BCUT2D eigenvalue weighted by Gasteiger charge is -2.51. The Labute approximate surface area is 565 Å². The van der Waals surface area contributed by atoms with Gasteiger partial charge in [-0.1, -0.05) is 39.0 Å². The molecule has 0 radical (unpaired) electrons. The van der Waals surface area contributed by atoms with E-state index in [0.29, 0.717) is 12.8 Å². The van der Waals surface area contributed by atoms with E-state index in [1.165, 1.54) is 0 Å². The van der Waals surface area contributed by atoms with Crippen LogP contribution in [0.15, 0.2) is 0 Å². The van der Waals surface area contributed by atoms with Gasteiger partial charge in [-0.2, -0.15) is 0 Å². The van der Waals surface area contributed by atoms with Crippen LogP contribution < -0.4 is 21.3 Å². The van der Waals surface area contributed by atoms with E-state index in [0.717, 1.165) is 53.4 Å². The second kappa shape index (κ2) is 37.4. The van der Waals surface area contributed by atoms with Crippen molar-refractivity contribution in [2.75, 3.05) is 46.2 Å². The standard InChI is InChI=1S/C58H98N4O37/c1-6-7-8-9-10-11-12-88-52-36(62-24(5)71)46(95-54-44(83)50(40(79)30(18-66)91-54)99-58(56(86)87)14-26(73)34(60-22(3)69)48(97-58)38(77)28(75)16-64)41(80)32(93-52)20-89-51-35(61-23(4)70)42(81)45(31(19-67)92-51)94-53-43(82)49(39(78)29(17-65)90-53)98-57(55(84)85)13-25(72)33(59-21(2)68)47(96-57)37(76)27(74)15-63/h25-54,63-67,72-83H,6-20H2,1-5H3,(H,59,68)(H,60,69)(H,61,70)(H,62,71)(H,84,85)(H,86,87)/t25-,26-,27-,28-,29-,30-,31-,32+,33+,34+,35+,36-,37-,38-,39+,40+,41?,42+,43+,44+,45-,46+,47-,48-,49-,50-,51-,52+,53+,54+,57-,58-/m0/s1. The Morgan fingerprint density at radius 3 is 1.23 bits per heavy atom. The minimum absolute atomic E-state index is 0.0808. The van der Waals surface area contributed by atoms with Gasteiger partial charge in [0.2, 0.25) is 23.6 Å². The predicted molar refractivity (Wildman–Crippen MR) is 317 cm³/mol. The molecule has 99 heavy (non-hydrogen) atoms. The molecule has 6 saturated heterocycles. The molecule has 23 N–H and O–H groups in total.